The Morgan fingerprint density at radius 2 is 2.21 bits per heavy atom. The molecule has 0 bridgehead atoms. The van der Waals surface area contributed by atoms with Crippen LogP contribution in [-0.4, -0.2) is 40.4 Å². The van der Waals surface area contributed by atoms with Crippen molar-refractivity contribution in [2.75, 3.05) is 30.3 Å². The number of carbonyl (C=O) groups is 1. The summed E-state index contributed by atoms with van der Waals surface area (Å²) in [4.78, 5) is 22.1. The van der Waals surface area contributed by atoms with Crippen molar-refractivity contribution >= 4 is 35.0 Å². The number of hydrogen-bond donors (Lipinski definition) is 2. The second kappa shape index (κ2) is 7.97. The highest BCUT2D eigenvalue weighted by Crippen LogP contribution is 2.18. The Bertz CT molecular complexity index is 709. The van der Waals surface area contributed by atoms with Gasteiger partial charge in [0, 0.05) is 43.0 Å². The lowest BCUT2D eigenvalue weighted by Crippen LogP contribution is -2.27. The normalized spacial score (nSPS) is 14.0. The maximum absolute atomic E-state index is 11.5. The minimum absolute atomic E-state index is 0.269. The molecule has 1 aliphatic rings. The first-order valence-electron chi connectivity index (χ1n) is 8.08. The van der Waals surface area contributed by atoms with E-state index in [1.54, 1.807) is 6.20 Å². The second-order valence-corrected chi connectivity index (χ2v) is 6.10. The van der Waals surface area contributed by atoms with E-state index in [2.05, 4.69) is 20.6 Å². The average Bonchev–Trinajstić information content (AvgIpc) is 2.97. The Balaban J connectivity index is 1.49. The molecule has 0 unspecified atom stereocenters. The molecule has 7 heteroatoms. The lowest BCUT2D eigenvalue weighted by atomic mass is 10.3. The van der Waals surface area contributed by atoms with E-state index in [9.17, 15) is 4.79 Å². The lowest BCUT2D eigenvalue weighted by molar-refractivity contribution is -0.127. The molecule has 0 aliphatic carbocycles. The molecule has 126 valence electrons. The van der Waals surface area contributed by atoms with E-state index >= 15 is 0 Å². The SMILES string of the molecule is O=C1CCCN1CCCNc1ccnc(Nc2cccc(Cl)c2)n1. The van der Waals surface area contributed by atoms with Crippen LogP contribution < -0.4 is 10.6 Å². The first-order valence-corrected chi connectivity index (χ1v) is 8.46. The molecule has 6 nitrogen and oxygen atoms in total. The highest BCUT2D eigenvalue weighted by molar-refractivity contribution is 6.30. The van der Waals surface area contributed by atoms with Crippen LogP contribution >= 0.6 is 11.6 Å². The van der Waals surface area contributed by atoms with Crippen molar-refractivity contribution in [3.63, 3.8) is 0 Å². The lowest BCUT2D eigenvalue weighted by Gasteiger charge is -2.15. The molecule has 0 radical (unpaired) electrons. The van der Waals surface area contributed by atoms with Crippen LogP contribution in [0.15, 0.2) is 36.5 Å². The fourth-order valence-corrected chi connectivity index (χ4v) is 2.83. The van der Waals surface area contributed by atoms with Gasteiger partial charge in [0.25, 0.3) is 0 Å². The van der Waals surface area contributed by atoms with E-state index in [0.717, 1.165) is 44.0 Å². The highest BCUT2D eigenvalue weighted by atomic mass is 35.5. The summed E-state index contributed by atoms with van der Waals surface area (Å²) in [5.74, 6) is 1.53. The minimum Gasteiger partial charge on any atom is -0.370 e. The molecule has 2 heterocycles. The molecule has 0 atom stereocenters. The van der Waals surface area contributed by atoms with Crippen LogP contribution in [0.1, 0.15) is 19.3 Å². The van der Waals surface area contributed by atoms with Crippen molar-refractivity contribution in [1.82, 2.24) is 14.9 Å². The summed E-state index contributed by atoms with van der Waals surface area (Å²) in [7, 11) is 0. The molecule has 3 rings (SSSR count). The fraction of sp³-hybridized carbons (Fsp3) is 0.353. The minimum atomic E-state index is 0.269. The van der Waals surface area contributed by atoms with Crippen LogP contribution in [0, 0.1) is 0 Å². The summed E-state index contributed by atoms with van der Waals surface area (Å²) in [6.45, 7) is 2.45. The smallest absolute Gasteiger partial charge is 0.229 e. The van der Waals surface area contributed by atoms with Gasteiger partial charge in [-0.3, -0.25) is 4.79 Å². The van der Waals surface area contributed by atoms with Gasteiger partial charge in [-0.05, 0) is 37.1 Å². The van der Waals surface area contributed by atoms with Crippen LogP contribution in [0.3, 0.4) is 0 Å². The van der Waals surface area contributed by atoms with Crippen LogP contribution in [-0.2, 0) is 4.79 Å². The maximum Gasteiger partial charge on any atom is 0.229 e. The van der Waals surface area contributed by atoms with Crippen molar-refractivity contribution in [3.05, 3.63) is 41.6 Å². The number of aromatic nitrogens is 2. The van der Waals surface area contributed by atoms with E-state index in [1.807, 2.05) is 35.2 Å². The van der Waals surface area contributed by atoms with Crippen molar-refractivity contribution in [1.29, 1.82) is 0 Å². The summed E-state index contributed by atoms with van der Waals surface area (Å²) in [6, 6.07) is 9.23. The zero-order valence-electron chi connectivity index (χ0n) is 13.3. The summed E-state index contributed by atoms with van der Waals surface area (Å²) >= 11 is 5.97. The number of anilines is 3. The molecule has 0 saturated carbocycles. The van der Waals surface area contributed by atoms with E-state index in [0.29, 0.717) is 17.4 Å². The Labute approximate surface area is 146 Å². The van der Waals surface area contributed by atoms with Crippen LogP contribution in [0.5, 0.6) is 0 Å². The number of likely N-dealkylation sites (tertiary alicyclic amines) is 1. The number of nitrogens with one attached hydrogen (secondary N) is 2. The van der Waals surface area contributed by atoms with Crippen LogP contribution in [0.25, 0.3) is 0 Å². The molecule has 0 spiro atoms. The fourth-order valence-electron chi connectivity index (χ4n) is 2.64. The molecule has 2 aromatic rings. The summed E-state index contributed by atoms with van der Waals surface area (Å²) in [5, 5.41) is 7.05. The number of carbonyl (C=O) groups excluding carboxylic acids is 1. The summed E-state index contributed by atoms with van der Waals surface area (Å²) in [5.41, 5.74) is 0.840. The largest absolute Gasteiger partial charge is 0.370 e. The third-order valence-corrected chi connectivity index (χ3v) is 4.05. The van der Waals surface area contributed by atoms with Crippen molar-refractivity contribution in [2.24, 2.45) is 0 Å². The molecule has 1 saturated heterocycles. The van der Waals surface area contributed by atoms with Crippen molar-refractivity contribution in [3.8, 4) is 0 Å². The molecule has 1 aliphatic heterocycles. The molecular formula is C17H20ClN5O. The molecule has 1 amide bonds. The first-order chi connectivity index (χ1) is 11.7. The summed E-state index contributed by atoms with van der Waals surface area (Å²) < 4.78 is 0. The molecule has 1 fully saturated rings. The molecule has 1 aromatic carbocycles. The number of amides is 1. The molecule has 2 N–H and O–H groups in total. The monoisotopic (exact) mass is 345 g/mol. The van der Waals surface area contributed by atoms with Gasteiger partial charge in [0.2, 0.25) is 11.9 Å². The number of hydrogen-bond acceptors (Lipinski definition) is 5. The Kier molecular flexibility index (Phi) is 5.48. The van der Waals surface area contributed by atoms with Gasteiger partial charge >= 0.3 is 0 Å². The number of nitrogens with zero attached hydrogens (tertiary/aromatic N) is 3. The third-order valence-electron chi connectivity index (χ3n) is 3.82. The number of rotatable bonds is 7. The number of benzene rings is 1. The average molecular weight is 346 g/mol. The predicted molar refractivity (Wildman–Crippen MR) is 95.7 cm³/mol. The van der Waals surface area contributed by atoms with Gasteiger partial charge in [-0.2, -0.15) is 4.98 Å². The van der Waals surface area contributed by atoms with Gasteiger partial charge in [-0.15, -0.1) is 0 Å². The maximum atomic E-state index is 11.5. The van der Waals surface area contributed by atoms with Crippen LogP contribution in [0.2, 0.25) is 5.02 Å². The quantitative estimate of drug-likeness (QED) is 0.753. The Morgan fingerprint density at radius 3 is 3.00 bits per heavy atom. The molecule has 24 heavy (non-hydrogen) atoms. The van der Waals surface area contributed by atoms with Gasteiger partial charge < -0.3 is 15.5 Å². The van der Waals surface area contributed by atoms with Gasteiger partial charge in [-0.1, -0.05) is 17.7 Å². The van der Waals surface area contributed by atoms with Gasteiger partial charge in [0.1, 0.15) is 5.82 Å². The highest BCUT2D eigenvalue weighted by Gasteiger charge is 2.18. The first kappa shape index (κ1) is 16.5. The van der Waals surface area contributed by atoms with Gasteiger partial charge in [0.15, 0.2) is 0 Å². The topological polar surface area (TPSA) is 70.2 Å². The van der Waals surface area contributed by atoms with E-state index < -0.39 is 0 Å². The standard InChI is InChI=1S/C17H20ClN5O/c18-13-4-1-5-14(12-13)21-17-20-9-7-15(22-17)19-8-3-11-23-10-2-6-16(23)24/h1,4-5,7,9,12H,2-3,6,8,10-11H2,(H2,19,20,21,22). The van der Waals surface area contributed by atoms with E-state index in [1.165, 1.54) is 0 Å². The van der Waals surface area contributed by atoms with Gasteiger partial charge in [0.05, 0.1) is 0 Å². The van der Waals surface area contributed by atoms with Crippen LogP contribution in [0.4, 0.5) is 17.5 Å². The number of halogens is 1. The molecular weight excluding hydrogens is 326 g/mol. The van der Waals surface area contributed by atoms with Gasteiger partial charge in [-0.25, -0.2) is 4.98 Å². The Morgan fingerprint density at radius 1 is 1.29 bits per heavy atom. The second-order valence-electron chi connectivity index (χ2n) is 5.67. The Hall–Kier alpha value is -2.34. The third kappa shape index (κ3) is 4.58. The zero-order valence-corrected chi connectivity index (χ0v) is 14.1. The zero-order chi connectivity index (χ0) is 16.8. The van der Waals surface area contributed by atoms with E-state index in [-0.39, 0.29) is 5.91 Å². The van der Waals surface area contributed by atoms with E-state index in [4.69, 9.17) is 11.6 Å². The summed E-state index contributed by atoms with van der Waals surface area (Å²) in [6.07, 6.45) is 4.27. The predicted octanol–water partition coefficient (Wildman–Crippen LogP) is 3.30. The van der Waals surface area contributed by atoms with Crippen molar-refractivity contribution in [2.45, 2.75) is 19.3 Å². The van der Waals surface area contributed by atoms with Crippen molar-refractivity contribution < 1.29 is 4.79 Å². The molecule has 1 aromatic heterocycles.